The molecule has 5 heteroatoms. The summed E-state index contributed by atoms with van der Waals surface area (Å²) < 4.78 is 7.69. The van der Waals surface area contributed by atoms with Crippen LogP contribution in [0.1, 0.15) is 44.5 Å². The Morgan fingerprint density at radius 2 is 2.07 bits per heavy atom. The summed E-state index contributed by atoms with van der Waals surface area (Å²) in [4.78, 5) is 19.8. The Hall–Kier alpha value is -2.14. The van der Waals surface area contributed by atoms with E-state index in [-0.39, 0.29) is 5.97 Å². The molecule has 0 aliphatic carbocycles. The van der Waals surface area contributed by atoms with E-state index in [0.29, 0.717) is 6.61 Å². The van der Waals surface area contributed by atoms with Crippen molar-refractivity contribution in [3.63, 3.8) is 0 Å². The van der Waals surface area contributed by atoms with Gasteiger partial charge in [0.15, 0.2) is 0 Å². The van der Waals surface area contributed by atoms with Crippen molar-refractivity contribution in [1.82, 2.24) is 14.5 Å². The maximum absolute atomic E-state index is 12.9. The number of ether oxygens (including phenoxy) is 1. The first-order chi connectivity index (χ1) is 13.2. The summed E-state index contributed by atoms with van der Waals surface area (Å²) in [6.07, 6.45) is 7.52. The van der Waals surface area contributed by atoms with Crippen molar-refractivity contribution in [2.75, 3.05) is 19.7 Å². The van der Waals surface area contributed by atoms with Crippen molar-refractivity contribution in [3.8, 4) is 0 Å². The molecule has 0 N–H and O–H groups in total. The van der Waals surface area contributed by atoms with Gasteiger partial charge in [0.1, 0.15) is 5.82 Å². The first kappa shape index (κ1) is 19.6. The van der Waals surface area contributed by atoms with Crippen molar-refractivity contribution in [2.45, 2.75) is 52.6 Å². The predicted octanol–water partition coefficient (Wildman–Crippen LogP) is 3.68. The van der Waals surface area contributed by atoms with Crippen LogP contribution in [0.3, 0.4) is 0 Å². The van der Waals surface area contributed by atoms with Crippen LogP contribution in [0.4, 0.5) is 0 Å². The molecule has 1 fully saturated rings. The minimum Gasteiger partial charge on any atom is -0.466 e. The number of imidazole rings is 1. The normalized spacial score (nSPS) is 20.5. The number of carbonyl (C=O) groups is 1. The van der Waals surface area contributed by atoms with Crippen molar-refractivity contribution >= 4 is 5.97 Å². The number of hydrogen-bond acceptors (Lipinski definition) is 4. The van der Waals surface area contributed by atoms with Gasteiger partial charge < -0.3 is 9.30 Å². The summed E-state index contributed by atoms with van der Waals surface area (Å²) in [5.41, 5.74) is 0.855. The number of aryl methyl sites for hydroxylation is 2. The lowest BCUT2D eigenvalue weighted by Crippen LogP contribution is -2.48. The molecule has 1 saturated heterocycles. The maximum Gasteiger partial charge on any atom is 0.313 e. The summed E-state index contributed by atoms with van der Waals surface area (Å²) in [7, 11) is 0. The fourth-order valence-corrected chi connectivity index (χ4v) is 4.13. The van der Waals surface area contributed by atoms with Crippen LogP contribution in [0.15, 0.2) is 42.7 Å². The highest BCUT2D eigenvalue weighted by molar-refractivity contribution is 5.77. The molecule has 1 aliphatic rings. The number of piperidine rings is 1. The largest absolute Gasteiger partial charge is 0.466 e. The molecule has 1 aromatic carbocycles. The fourth-order valence-electron chi connectivity index (χ4n) is 4.13. The first-order valence-electron chi connectivity index (χ1n) is 10.1. The molecule has 0 spiro atoms. The third-order valence-corrected chi connectivity index (χ3v) is 5.61. The second kappa shape index (κ2) is 9.18. The highest BCUT2D eigenvalue weighted by Gasteiger charge is 2.43. The average molecular weight is 370 g/mol. The maximum atomic E-state index is 12.9. The van der Waals surface area contributed by atoms with E-state index < -0.39 is 5.41 Å². The molecule has 0 unspecified atom stereocenters. The van der Waals surface area contributed by atoms with Gasteiger partial charge in [-0.25, -0.2) is 4.98 Å². The van der Waals surface area contributed by atoms with Gasteiger partial charge in [0.05, 0.1) is 18.6 Å². The number of rotatable bonds is 8. The molecule has 1 aromatic heterocycles. The molecule has 0 saturated carbocycles. The Labute approximate surface area is 162 Å². The summed E-state index contributed by atoms with van der Waals surface area (Å²) in [5, 5.41) is 0. The topological polar surface area (TPSA) is 47.4 Å². The predicted molar refractivity (Wildman–Crippen MR) is 106 cm³/mol. The highest BCUT2D eigenvalue weighted by atomic mass is 16.5. The molecule has 1 aliphatic heterocycles. The van der Waals surface area contributed by atoms with Gasteiger partial charge in [0, 0.05) is 25.5 Å². The first-order valence-corrected chi connectivity index (χ1v) is 10.1. The van der Waals surface area contributed by atoms with Crippen LogP contribution in [0.25, 0.3) is 0 Å². The van der Waals surface area contributed by atoms with E-state index in [2.05, 4.69) is 45.6 Å². The molecule has 0 amide bonds. The molecule has 1 atom stereocenters. The zero-order valence-corrected chi connectivity index (χ0v) is 16.6. The van der Waals surface area contributed by atoms with Crippen LogP contribution in [0.5, 0.6) is 0 Å². The quantitative estimate of drug-likeness (QED) is 0.666. The lowest BCUT2D eigenvalue weighted by Gasteiger charge is -2.41. The lowest BCUT2D eigenvalue weighted by atomic mass is 9.75. The summed E-state index contributed by atoms with van der Waals surface area (Å²) in [6, 6.07) is 10.4. The standard InChI is InChI=1S/C22H31N3O2/c1-3-25-16-14-23-20(25)17-24-15-8-12-22(18-24,21(26)27-4-2)13-11-19-9-6-5-7-10-19/h5-7,9-10,14,16H,3-4,8,11-13,15,17-18H2,1-2H3/t22-/m0/s1. The third kappa shape index (κ3) is 4.78. The SMILES string of the molecule is CCOC(=O)[C@]1(CCc2ccccc2)CCCN(Cc2nccn2CC)C1. The number of likely N-dealkylation sites (tertiary alicyclic amines) is 1. The van der Waals surface area contributed by atoms with Crippen LogP contribution in [-0.2, 0) is 29.0 Å². The van der Waals surface area contributed by atoms with Crippen LogP contribution in [0.2, 0.25) is 0 Å². The highest BCUT2D eigenvalue weighted by Crippen LogP contribution is 2.36. The van der Waals surface area contributed by atoms with Crippen LogP contribution in [0, 0.1) is 5.41 Å². The number of carbonyl (C=O) groups excluding carboxylic acids is 1. The summed E-state index contributed by atoms with van der Waals surface area (Å²) >= 11 is 0. The molecular formula is C22H31N3O2. The van der Waals surface area contributed by atoms with Crippen molar-refractivity contribution in [2.24, 2.45) is 5.41 Å². The molecule has 5 nitrogen and oxygen atoms in total. The van der Waals surface area contributed by atoms with Gasteiger partial charge in [-0.3, -0.25) is 9.69 Å². The van der Waals surface area contributed by atoms with E-state index in [1.165, 1.54) is 5.56 Å². The van der Waals surface area contributed by atoms with Gasteiger partial charge in [0.25, 0.3) is 0 Å². The smallest absolute Gasteiger partial charge is 0.313 e. The Morgan fingerprint density at radius 1 is 1.26 bits per heavy atom. The van der Waals surface area contributed by atoms with Crippen molar-refractivity contribution in [1.29, 1.82) is 0 Å². The second-order valence-corrected chi connectivity index (χ2v) is 7.43. The van der Waals surface area contributed by atoms with E-state index in [9.17, 15) is 4.79 Å². The molecular weight excluding hydrogens is 338 g/mol. The van der Waals surface area contributed by atoms with E-state index in [4.69, 9.17) is 4.74 Å². The zero-order chi connectivity index (χ0) is 19.1. The monoisotopic (exact) mass is 369 g/mol. The minimum atomic E-state index is -0.423. The van der Waals surface area contributed by atoms with Gasteiger partial charge in [-0.15, -0.1) is 0 Å². The van der Waals surface area contributed by atoms with E-state index in [1.807, 2.05) is 25.4 Å². The number of benzene rings is 1. The second-order valence-electron chi connectivity index (χ2n) is 7.43. The molecule has 0 radical (unpaired) electrons. The molecule has 2 heterocycles. The van der Waals surface area contributed by atoms with E-state index in [1.54, 1.807) is 0 Å². The number of esters is 1. The summed E-state index contributed by atoms with van der Waals surface area (Å²) in [6.45, 7) is 7.91. The van der Waals surface area contributed by atoms with Gasteiger partial charge in [0.2, 0.25) is 0 Å². The molecule has 3 rings (SSSR count). The van der Waals surface area contributed by atoms with Crippen LogP contribution >= 0.6 is 0 Å². The Bertz CT molecular complexity index is 728. The fraction of sp³-hybridized carbons (Fsp3) is 0.545. The minimum absolute atomic E-state index is 0.0375. The van der Waals surface area contributed by atoms with Crippen molar-refractivity contribution in [3.05, 3.63) is 54.1 Å². The Morgan fingerprint density at radius 3 is 2.81 bits per heavy atom. The van der Waals surface area contributed by atoms with Gasteiger partial charge >= 0.3 is 5.97 Å². The molecule has 146 valence electrons. The Kier molecular flexibility index (Phi) is 6.67. The Balaban J connectivity index is 1.74. The third-order valence-electron chi connectivity index (χ3n) is 5.61. The van der Waals surface area contributed by atoms with Gasteiger partial charge in [-0.2, -0.15) is 0 Å². The molecule has 2 aromatic rings. The van der Waals surface area contributed by atoms with Crippen LogP contribution < -0.4 is 0 Å². The molecule has 0 bridgehead atoms. The van der Waals surface area contributed by atoms with Crippen LogP contribution in [-0.4, -0.2) is 40.1 Å². The number of hydrogen-bond donors (Lipinski definition) is 0. The van der Waals surface area contributed by atoms with Gasteiger partial charge in [-0.1, -0.05) is 30.3 Å². The number of nitrogens with zero attached hydrogens (tertiary/aromatic N) is 3. The van der Waals surface area contributed by atoms with Crippen molar-refractivity contribution < 1.29 is 9.53 Å². The summed E-state index contributed by atoms with van der Waals surface area (Å²) in [5.74, 6) is 1.03. The molecule has 27 heavy (non-hydrogen) atoms. The average Bonchev–Trinajstić information content (AvgIpc) is 3.15. The zero-order valence-electron chi connectivity index (χ0n) is 16.6. The number of aromatic nitrogens is 2. The van der Waals surface area contributed by atoms with E-state index >= 15 is 0 Å². The van der Waals surface area contributed by atoms with E-state index in [0.717, 1.165) is 57.7 Å². The van der Waals surface area contributed by atoms with Gasteiger partial charge in [-0.05, 0) is 51.6 Å². The lowest BCUT2D eigenvalue weighted by molar-refractivity contribution is -0.160.